The monoisotopic (exact) mass is 371 g/mol. The molecule has 1 fully saturated rings. The van der Waals surface area contributed by atoms with Gasteiger partial charge in [-0.25, -0.2) is 0 Å². The molecule has 1 N–H and O–H groups in total. The summed E-state index contributed by atoms with van der Waals surface area (Å²) in [5.41, 5.74) is -0.376. The maximum absolute atomic E-state index is 12.9. The molecule has 0 spiro atoms. The Balaban J connectivity index is 2.12. The molecule has 4 nitrogen and oxygen atoms in total. The number of amides is 1. The van der Waals surface area contributed by atoms with Crippen molar-refractivity contribution in [3.8, 4) is 0 Å². The third-order valence-corrected chi connectivity index (χ3v) is 4.92. The lowest BCUT2D eigenvalue weighted by Gasteiger charge is -2.35. The van der Waals surface area contributed by atoms with E-state index in [0.29, 0.717) is 31.5 Å². The highest BCUT2D eigenvalue weighted by Crippen LogP contribution is 2.33. The van der Waals surface area contributed by atoms with Crippen LogP contribution in [0, 0.1) is 5.92 Å². The summed E-state index contributed by atoms with van der Waals surface area (Å²) in [6, 6.07) is 4.95. The molecule has 1 saturated heterocycles. The van der Waals surface area contributed by atoms with Crippen molar-refractivity contribution in [1.29, 1.82) is 0 Å². The highest BCUT2D eigenvalue weighted by atomic mass is 19.4. The maximum atomic E-state index is 12.9. The van der Waals surface area contributed by atoms with Crippen LogP contribution in [0.15, 0.2) is 24.3 Å². The summed E-state index contributed by atoms with van der Waals surface area (Å²) >= 11 is 0. The number of carboxylic acid groups (broad SMARTS) is 1. The number of carbonyl (C=O) groups is 2. The SMILES string of the molecule is CCC(C(=O)N1CCCC(CCC(=O)O)C1)c1cccc(C(F)(F)F)c1. The Morgan fingerprint density at radius 1 is 1.35 bits per heavy atom. The van der Waals surface area contributed by atoms with Crippen LogP contribution in [0.2, 0.25) is 0 Å². The normalized spacial score (nSPS) is 19.2. The van der Waals surface area contributed by atoms with Gasteiger partial charge in [0.1, 0.15) is 0 Å². The Morgan fingerprint density at radius 2 is 2.08 bits per heavy atom. The summed E-state index contributed by atoms with van der Waals surface area (Å²) in [5.74, 6) is -1.52. The van der Waals surface area contributed by atoms with Crippen molar-refractivity contribution in [3.63, 3.8) is 0 Å². The van der Waals surface area contributed by atoms with E-state index in [2.05, 4.69) is 0 Å². The Morgan fingerprint density at radius 3 is 2.69 bits per heavy atom. The van der Waals surface area contributed by atoms with Crippen LogP contribution in [0.5, 0.6) is 0 Å². The summed E-state index contributed by atoms with van der Waals surface area (Å²) in [7, 11) is 0. The number of benzene rings is 1. The largest absolute Gasteiger partial charge is 0.481 e. The molecule has 2 unspecified atom stereocenters. The summed E-state index contributed by atoms with van der Waals surface area (Å²) in [5, 5.41) is 8.81. The van der Waals surface area contributed by atoms with E-state index in [1.54, 1.807) is 17.9 Å². The molecule has 7 heteroatoms. The molecule has 0 radical (unpaired) electrons. The van der Waals surface area contributed by atoms with E-state index in [0.717, 1.165) is 25.0 Å². The third kappa shape index (κ3) is 5.22. The predicted octanol–water partition coefficient (Wildman–Crippen LogP) is 4.30. The van der Waals surface area contributed by atoms with Crippen molar-refractivity contribution < 1.29 is 27.9 Å². The summed E-state index contributed by atoms with van der Waals surface area (Å²) in [6.07, 6.45) is -1.79. The molecule has 1 aliphatic rings. The van der Waals surface area contributed by atoms with Crippen LogP contribution in [-0.4, -0.2) is 35.0 Å². The van der Waals surface area contributed by atoms with E-state index in [1.165, 1.54) is 6.07 Å². The van der Waals surface area contributed by atoms with Crippen molar-refractivity contribution >= 4 is 11.9 Å². The van der Waals surface area contributed by atoms with Gasteiger partial charge in [-0.05, 0) is 43.2 Å². The molecule has 144 valence electrons. The lowest BCUT2D eigenvalue weighted by atomic mass is 9.89. The number of rotatable bonds is 6. The quantitative estimate of drug-likeness (QED) is 0.811. The zero-order chi connectivity index (χ0) is 19.3. The second-order valence-electron chi connectivity index (χ2n) is 6.81. The molecule has 1 aliphatic heterocycles. The molecular formula is C19H24F3NO3. The minimum atomic E-state index is -4.44. The lowest BCUT2D eigenvalue weighted by molar-refractivity contribution is -0.139. The highest BCUT2D eigenvalue weighted by molar-refractivity contribution is 5.84. The second kappa shape index (κ2) is 8.56. The smallest absolute Gasteiger partial charge is 0.416 e. The third-order valence-electron chi connectivity index (χ3n) is 4.92. The van der Waals surface area contributed by atoms with Crippen molar-refractivity contribution in [3.05, 3.63) is 35.4 Å². The van der Waals surface area contributed by atoms with Crippen molar-refractivity contribution in [1.82, 2.24) is 4.90 Å². The van der Waals surface area contributed by atoms with E-state index in [4.69, 9.17) is 5.11 Å². The zero-order valence-corrected chi connectivity index (χ0v) is 14.8. The zero-order valence-electron chi connectivity index (χ0n) is 14.8. The summed E-state index contributed by atoms with van der Waals surface area (Å²) in [4.78, 5) is 25.3. The molecule has 0 aliphatic carbocycles. The van der Waals surface area contributed by atoms with Gasteiger partial charge < -0.3 is 10.0 Å². The number of carboxylic acids is 1. The molecule has 0 saturated carbocycles. The summed E-state index contributed by atoms with van der Waals surface area (Å²) in [6.45, 7) is 2.83. The number of hydrogen-bond donors (Lipinski definition) is 1. The molecule has 2 atom stereocenters. The molecule has 0 aromatic heterocycles. The maximum Gasteiger partial charge on any atom is 0.416 e. The molecule has 1 heterocycles. The van der Waals surface area contributed by atoms with Gasteiger partial charge in [0.2, 0.25) is 5.91 Å². The van der Waals surface area contributed by atoms with Gasteiger partial charge in [0.25, 0.3) is 0 Å². The molecule has 1 amide bonds. The van der Waals surface area contributed by atoms with Crippen LogP contribution in [-0.2, 0) is 15.8 Å². The highest BCUT2D eigenvalue weighted by Gasteiger charge is 2.33. The Labute approximate surface area is 151 Å². The number of alkyl halides is 3. The van der Waals surface area contributed by atoms with E-state index >= 15 is 0 Å². The predicted molar refractivity (Wildman–Crippen MR) is 90.6 cm³/mol. The molecule has 2 rings (SSSR count). The van der Waals surface area contributed by atoms with E-state index < -0.39 is 23.6 Å². The van der Waals surface area contributed by atoms with Crippen molar-refractivity contribution in [2.45, 2.75) is 51.1 Å². The van der Waals surface area contributed by atoms with Gasteiger partial charge in [0.15, 0.2) is 0 Å². The van der Waals surface area contributed by atoms with Gasteiger partial charge in [-0.3, -0.25) is 9.59 Å². The topological polar surface area (TPSA) is 57.6 Å². The number of likely N-dealkylation sites (tertiary alicyclic amines) is 1. The average Bonchev–Trinajstić information content (AvgIpc) is 2.60. The second-order valence-corrected chi connectivity index (χ2v) is 6.81. The number of nitrogens with zero attached hydrogens (tertiary/aromatic N) is 1. The minimum absolute atomic E-state index is 0.0670. The van der Waals surface area contributed by atoms with Gasteiger partial charge in [-0.15, -0.1) is 0 Å². The molecule has 0 bridgehead atoms. The number of halogens is 3. The number of aliphatic carboxylic acids is 1. The molecule has 1 aromatic carbocycles. The minimum Gasteiger partial charge on any atom is -0.481 e. The van der Waals surface area contributed by atoms with Crippen LogP contribution in [0.4, 0.5) is 13.2 Å². The van der Waals surface area contributed by atoms with Gasteiger partial charge in [-0.1, -0.05) is 25.1 Å². The lowest BCUT2D eigenvalue weighted by Crippen LogP contribution is -2.42. The van der Waals surface area contributed by atoms with Crippen LogP contribution in [0.25, 0.3) is 0 Å². The Kier molecular flexibility index (Phi) is 6.67. The van der Waals surface area contributed by atoms with Gasteiger partial charge >= 0.3 is 12.1 Å². The fraction of sp³-hybridized carbons (Fsp3) is 0.579. The van der Waals surface area contributed by atoms with Gasteiger partial charge in [0.05, 0.1) is 11.5 Å². The van der Waals surface area contributed by atoms with E-state index in [-0.39, 0.29) is 18.2 Å². The van der Waals surface area contributed by atoms with Crippen LogP contribution in [0.3, 0.4) is 0 Å². The van der Waals surface area contributed by atoms with Crippen molar-refractivity contribution in [2.24, 2.45) is 5.92 Å². The van der Waals surface area contributed by atoms with Crippen LogP contribution >= 0.6 is 0 Å². The molecule has 1 aromatic rings. The first-order chi connectivity index (χ1) is 12.2. The van der Waals surface area contributed by atoms with Crippen LogP contribution < -0.4 is 0 Å². The Bertz CT molecular complexity index is 645. The van der Waals surface area contributed by atoms with Gasteiger partial charge in [0, 0.05) is 19.5 Å². The first-order valence-electron chi connectivity index (χ1n) is 8.90. The molecular weight excluding hydrogens is 347 g/mol. The van der Waals surface area contributed by atoms with E-state index in [1.807, 2.05) is 0 Å². The first kappa shape index (κ1) is 20.3. The Hall–Kier alpha value is -2.05. The average molecular weight is 371 g/mol. The fourth-order valence-corrected chi connectivity index (χ4v) is 3.53. The molecule has 26 heavy (non-hydrogen) atoms. The van der Waals surface area contributed by atoms with Gasteiger partial charge in [-0.2, -0.15) is 13.2 Å². The number of hydrogen-bond acceptors (Lipinski definition) is 2. The van der Waals surface area contributed by atoms with Crippen LogP contribution in [0.1, 0.15) is 56.1 Å². The fourth-order valence-electron chi connectivity index (χ4n) is 3.53. The first-order valence-corrected chi connectivity index (χ1v) is 8.90. The standard InChI is InChI=1S/C19H24F3NO3/c1-2-16(14-6-3-7-15(11-14)19(20,21)22)18(26)23-10-4-5-13(12-23)8-9-17(24)25/h3,6-7,11,13,16H,2,4-5,8-10,12H2,1H3,(H,24,25). The summed E-state index contributed by atoms with van der Waals surface area (Å²) < 4.78 is 38.8. The number of carbonyl (C=O) groups excluding carboxylic acids is 1. The van der Waals surface area contributed by atoms with E-state index in [9.17, 15) is 22.8 Å². The van der Waals surface area contributed by atoms with Crippen molar-refractivity contribution in [2.75, 3.05) is 13.1 Å². The number of piperidine rings is 1.